The molecular weight excluding hydrogens is 416 g/mol. The third kappa shape index (κ3) is 5.82. The molecule has 8 heteroatoms. The molecule has 0 bridgehead atoms. The van der Waals surface area contributed by atoms with Crippen molar-refractivity contribution < 1.29 is 13.9 Å². The molecule has 2 aromatic carbocycles. The fourth-order valence-corrected chi connectivity index (χ4v) is 2.90. The standard InChI is InChI=1S/C21H18Cl2FN3O2/c1-13(21(28)27-15-5-7-19(24)17(22)10-15)26-14-6-8-20(18(23)11-14)29-12-16-4-2-3-9-25-16/h2-11,13,26H,12H2,1H3,(H,27,28). The summed E-state index contributed by atoms with van der Waals surface area (Å²) in [7, 11) is 0. The Morgan fingerprint density at radius 2 is 1.86 bits per heavy atom. The topological polar surface area (TPSA) is 63.2 Å². The number of anilines is 2. The van der Waals surface area contributed by atoms with Gasteiger partial charge in [-0.3, -0.25) is 9.78 Å². The molecule has 1 aromatic heterocycles. The molecule has 1 heterocycles. The average Bonchev–Trinajstić information content (AvgIpc) is 2.71. The van der Waals surface area contributed by atoms with Gasteiger partial charge in [-0.2, -0.15) is 0 Å². The molecule has 150 valence electrons. The highest BCUT2D eigenvalue weighted by Crippen LogP contribution is 2.28. The lowest BCUT2D eigenvalue weighted by atomic mass is 10.2. The zero-order valence-corrected chi connectivity index (χ0v) is 17.0. The molecule has 2 N–H and O–H groups in total. The lowest BCUT2D eigenvalue weighted by Crippen LogP contribution is -2.31. The van der Waals surface area contributed by atoms with E-state index in [-0.39, 0.29) is 10.9 Å². The molecule has 0 radical (unpaired) electrons. The number of amides is 1. The zero-order valence-electron chi connectivity index (χ0n) is 15.5. The minimum Gasteiger partial charge on any atom is -0.486 e. The van der Waals surface area contributed by atoms with Gasteiger partial charge < -0.3 is 15.4 Å². The van der Waals surface area contributed by atoms with E-state index in [2.05, 4.69) is 15.6 Å². The number of nitrogens with one attached hydrogen (secondary N) is 2. The molecule has 5 nitrogen and oxygen atoms in total. The molecule has 0 saturated heterocycles. The second kappa shape index (κ2) is 9.58. The fourth-order valence-electron chi connectivity index (χ4n) is 2.48. The van der Waals surface area contributed by atoms with Crippen LogP contribution in [0.5, 0.6) is 5.75 Å². The van der Waals surface area contributed by atoms with Crippen molar-refractivity contribution in [2.45, 2.75) is 19.6 Å². The SMILES string of the molecule is CC(Nc1ccc(OCc2ccccn2)c(Cl)c1)C(=O)Nc1ccc(F)c(Cl)c1. The number of carbonyl (C=O) groups excluding carboxylic acids is 1. The van der Waals surface area contributed by atoms with Crippen LogP contribution in [0.25, 0.3) is 0 Å². The predicted molar refractivity (Wildman–Crippen MR) is 113 cm³/mol. The number of halogens is 3. The lowest BCUT2D eigenvalue weighted by Gasteiger charge is -2.16. The number of ether oxygens (including phenoxy) is 1. The summed E-state index contributed by atoms with van der Waals surface area (Å²) in [5.41, 5.74) is 1.85. The molecule has 3 aromatic rings. The smallest absolute Gasteiger partial charge is 0.246 e. The van der Waals surface area contributed by atoms with Crippen LogP contribution < -0.4 is 15.4 Å². The molecule has 0 spiro atoms. The predicted octanol–water partition coefficient (Wildman–Crippen LogP) is 5.55. The van der Waals surface area contributed by atoms with Gasteiger partial charge in [-0.1, -0.05) is 29.3 Å². The van der Waals surface area contributed by atoms with Crippen LogP contribution in [0.4, 0.5) is 15.8 Å². The van der Waals surface area contributed by atoms with E-state index in [4.69, 9.17) is 27.9 Å². The van der Waals surface area contributed by atoms with E-state index in [1.165, 1.54) is 18.2 Å². The van der Waals surface area contributed by atoms with Gasteiger partial charge in [0.2, 0.25) is 5.91 Å². The highest BCUT2D eigenvalue weighted by atomic mass is 35.5. The molecule has 0 fully saturated rings. The molecule has 1 amide bonds. The van der Waals surface area contributed by atoms with E-state index in [0.717, 1.165) is 5.69 Å². The van der Waals surface area contributed by atoms with Crippen molar-refractivity contribution in [2.24, 2.45) is 0 Å². The summed E-state index contributed by atoms with van der Waals surface area (Å²) in [6, 6.07) is 14.1. The third-order valence-corrected chi connectivity index (χ3v) is 4.58. The number of rotatable bonds is 7. The van der Waals surface area contributed by atoms with Crippen LogP contribution >= 0.6 is 23.2 Å². The first-order valence-corrected chi connectivity index (χ1v) is 9.52. The van der Waals surface area contributed by atoms with Gasteiger partial charge in [0.25, 0.3) is 0 Å². The number of carbonyl (C=O) groups is 1. The minimum atomic E-state index is -0.574. The van der Waals surface area contributed by atoms with Crippen molar-refractivity contribution >= 4 is 40.5 Å². The molecule has 29 heavy (non-hydrogen) atoms. The van der Waals surface area contributed by atoms with Crippen LogP contribution in [0.15, 0.2) is 60.8 Å². The van der Waals surface area contributed by atoms with Gasteiger partial charge in [0, 0.05) is 17.6 Å². The summed E-state index contributed by atoms with van der Waals surface area (Å²) in [6.07, 6.45) is 1.69. The maximum absolute atomic E-state index is 13.2. The van der Waals surface area contributed by atoms with Crippen molar-refractivity contribution in [3.8, 4) is 5.75 Å². The quantitative estimate of drug-likeness (QED) is 0.512. The van der Waals surface area contributed by atoms with Crippen molar-refractivity contribution in [3.05, 3.63) is 82.4 Å². The fraction of sp³-hybridized carbons (Fsp3) is 0.143. The van der Waals surface area contributed by atoms with Gasteiger partial charge >= 0.3 is 0 Å². The second-order valence-electron chi connectivity index (χ2n) is 6.24. The number of pyridine rings is 1. The van der Waals surface area contributed by atoms with Gasteiger partial charge in [-0.05, 0) is 55.5 Å². The molecule has 0 aliphatic carbocycles. The van der Waals surface area contributed by atoms with Crippen molar-refractivity contribution in [2.75, 3.05) is 10.6 Å². The van der Waals surface area contributed by atoms with Gasteiger partial charge in [-0.15, -0.1) is 0 Å². The lowest BCUT2D eigenvalue weighted by molar-refractivity contribution is -0.116. The minimum absolute atomic E-state index is 0.0588. The highest BCUT2D eigenvalue weighted by molar-refractivity contribution is 6.32. The van der Waals surface area contributed by atoms with Gasteiger partial charge in [-0.25, -0.2) is 4.39 Å². The Bertz CT molecular complexity index is 1000. The number of hydrogen-bond donors (Lipinski definition) is 2. The van der Waals surface area contributed by atoms with Crippen molar-refractivity contribution in [3.63, 3.8) is 0 Å². The Morgan fingerprint density at radius 3 is 2.55 bits per heavy atom. The summed E-state index contributed by atoms with van der Waals surface area (Å²) < 4.78 is 18.9. The first kappa shape index (κ1) is 20.9. The molecule has 3 rings (SSSR count). The van der Waals surface area contributed by atoms with Crippen LogP contribution in [0, 0.1) is 5.82 Å². The highest BCUT2D eigenvalue weighted by Gasteiger charge is 2.14. The number of hydrogen-bond acceptors (Lipinski definition) is 4. The second-order valence-corrected chi connectivity index (χ2v) is 7.05. The number of nitrogens with zero attached hydrogens (tertiary/aromatic N) is 1. The monoisotopic (exact) mass is 433 g/mol. The molecular formula is C21H18Cl2FN3O2. The van der Waals surface area contributed by atoms with Crippen LogP contribution in [-0.4, -0.2) is 16.9 Å². The Hall–Kier alpha value is -2.83. The molecule has 1 unspecified atom stereocenters. The Morgan fingerprint density at radius 1 is 1.10 bits per heavy atom. The molecule has 0 aliphatic heterocycles. The van der Waals surface area contributed by atoms with E-state index >= 15 is 0 Å². The molecule has 0 aliphatic rings. The number of benzene rings is 2. The van der Waals surface area contributed by atoms with Crippen LogP contribution in [0.3, 0.4) is 0 Å². The summed E-state index contributed by atoms with van der Waals surface area (Å²) in [4.78, 5) is 16.5. The van der Waals surface area contributed by atoms with E-state index in [0.29, 0.717) is 28.8 Å². The van der Waals surface area contributed by atoms with Gasteiger partial charge in [0.1, 0.15) is 24.2 Å². The average molecular weight is 434 g/mol. The van der Waals surface area contributed by atoms with Crippen LogP contribution in [-0.2, 0) is 11.4 Å². The normalized spacial score (nSPS) is 11.6. The van der Waals surface area contributed by atoms with E-state index in [1.54, 1.807) is 31.3 Å². The number of aromatic nitrogens is 1. The summed E-state index contributed by atoms with van der Waals surface area (Å²) >= 11 is 12.0. The van der Waals surface area contributed by atoms with E-state index in [9.17, 15) is 9.18 Å². The van der Waals surface area contributed by atoms with Crippen molar-refractivity contribution in [1.29, 1.82) is 0 Å². The van der Waals surface area contributed by atoms with Crippen molar-refractivity contribution in [1.82, 2.24) is 4.98 Å². The van der Waals surface area contributed by atoms with Crippen LogP contribution in [0.1, 0.15) is 12.6 Å². The summed E-state index contributed by atoms with van der Waals surface area (Å²) in [5.74, 6) is -0.337. The van der Waals surface area contributed by atoms with Gasteiger partial charge in [0.05, 0.1) is 15.7 Å². The first-order chi connectivity index (χ1) is 13.9. The van der Waals surface area contributed by atoms with Crippen LogP contribution in [0.2, 0.25) is 10.0 Å². The van der Waals surface area contributed by atoms with E-state index < -0.39 is 11.9 Å². The van der Waals surface area contributed by atoms with E-state index in [1.807, 2.05) is 18.2 Å². The third-order valence-electron chi connectivity index (χ3n) is 4.00. The Labute approximate surface area is 177 Å². The maximum atomic E-state index is 13.2. The largest absolute Gasteiger partial charge is 0.486 e. The summed E-state index contributed by atoms with van der Waals surface area (Å²) in [6.45, 7) is 1.99. The molecule has 0 saturated carbocycles. The zero-order chi connectivity index (χ0) is 20.8. The first-order valence-electron chi connectivity index (χ1n) is 8.77. The Balaban J connectivity index is 1.58. The Kier molecular flexibility index (Phi) is 6.90. The van der Waals surface area contributed by atoms with Gasteiger partial charge in [0.15, 0.2) is 0 Å². The maximum Gasteiger partial charge on any atom is 0.246 e. The molecule has 1 atom stereocenters. The summed E-state index contributed by atoms with van der Waals surface area (Å²) in [5, 5.41) is 6.08.